The summed E-state index contributed by atoms with van der Waals surface area (Å²) < 4.78 is 10.4. The molecule has 28 heavy (non-hydrogen) atoms. The zero-order valence-corrected chi connectivity index (χ0v) is 17.2. The number of hydrogen-bond acceptors (Lipinski definition) is 5. The van der Waals surface area contributed by atoms with Crippen molar-refractivity contribution in [2.45, 2.75) is 20.3 Å². The lowest BCUT2D eigenvalue weighted by Crippen LogP contribution is -2.34. The quantitative estimate of drug-likeness (QED) is 0.509. The fraction of sp³-hybridized carbons (Fsp3) is 0.250. The van der Waals surface area contributed by atoms with Crippen LogP contribution in [0.3, 0.4) is 0 Å². The Kier molecular flexibility index (Phi) is 8.22. The summed E-state index contributed by atoms with van der Waals surface area (Å²) in [6.45, 7) is 4.64. The maximum absolute atomic E-state index is 12.3. The topological polar surface area (TPSA) is 76.7 Å². The van der Waals surface area contributed by atoms with Gasteiger partial charge in [0.05, 0.1) is 23.8 Å². The van der Waals surface area contributed by atoms with Crippen LogP contribution in [0.2, 0.25) is 5.02 Å². The molecule has 8 heteroatoms. The summed E-state index contributed by atoms with van der Waals surface area (Å²) >= 11 is 11.3. The van der Waals surface area contributed by atoms with Crippen LogP contribution in [0.25, 0.3) is 0 Å². The average Bonchev–Trinajstić information content (AvgIpc) is 2.68. The summed E-state index contributed by atoms with van der Waals surface area (Å²) in [5, 5.41) is 5.93. The highest BCUT2D eigenvalue weighted by atomic mass is 35.5. The van der Waals surface area contributed by atoms with E-state index in [2.05, 4.69) is 10.6 Å². The summed E-state index contributed by atoms with van der Waals surface area (Å²) in [7, 11) is 0. The Bertz CT molecular complexity index is 856. The molecule has 0 aromatic heterocycles. The summed E-state index contributed by atoms with van der Waals surface area (Å²) in [6.07, 6.45) is 0.763. The first-order chi connectivity index (χ1) is 13.4. The molecule has 2 rings (SSSR count). The van der Waals surface area contributed by atoms with Gasteiger partial charge in [-0.05, 0) is 68.0 Å². The lowest BCUT2D eigenvalue weighted by Gasteiger charge is -2.11. The first kappa shape index (κ1) is 21.7. The molecule has 0 aliphatic rings. The second kappa shape index (κ2) is 10.6. The predicted octanol–water partition coefficient (Wildman–Crippen LogP) is 4.43. The van der Waals surface area contributed by atoms with Crippen LogP contribution in [0.5, 0.6) is 5.75 Å². The fourth-order valence-corrected chi connectivity index (χ4v) is 2.67. The van der Waals surface area contributed by atoms with Crippen LogP contribution in [0, 0.1) is 0 Å². The van der Waals surface area contributed by atoms with Gasteiger partial charge in [-0.25, -0.2) is 4.79 Å². The van der Waals surface area contributed by atoms with Crippen molar-refractivity contribution in [2.24, 2.45) is 0 Å². The number of carbonyl (C=O) groups excluding carboxylic acids is 2. The third-order valence-corrected chi connectivity index (χ3v) is 4.04. The van der Waals surface area contributed by atoms with Gasteiger partial charge in [0.15, 0.2) is 5.11 Å². The first-order valence-electron chi connectivity index (χ1n) is 8.76. The van der Waals surface area contributed by atoms with Crippen molar-refractivity contribution in [3.8, 4) is 5.75 Å². The van der Waals surface area contributed by atoms with E-state index in [0.29, 0.717) is 40.8 Å². The Hall–Kier alpha value is -2.64. The minimum absolute atomic E-state index is 0.122. The highest BCUT2D eigenvalue weighted by molar-refractivity contribution is 7.80. The molecule has 0 heterocycles. The van der Waals surface area contributed by atoms with Crippen LogP contribution in [0.4, 0.5) is 5.69 Å². The Morgan fingerprint density at radius 3 is 2.36 bits per heavy atom. The van der Waals surface area contributed by atoms with E-state index >= 15 is 0 Å². The van der Waals surface area contributed by atoms with Gasteiger partial charge in [0.1, 0.15) is 5.75 Å². The van der Waals surface area contributed by atoms with E-state index in [1.165, 1.54) is 6.07 Å². The lowest BCUT2D eigenvalue weighted by molar-refractivity contribution is 0.0505. The number of anilines is 1. The number of rotatable bonds is 7. The molecule has 0 aliphatic carbocycles. The predicted molar refractivity (Wildman–Crippen MR) is 113 cm³/mol. The monoisotopic (exact) mass is 420 g/mol. The van der Waals surface area contributed by atoms with E-state index in [9.17, 15) is 9.59 Å². The average molecular weight is 421 g/mol. The van der Waals surface area contributed by atoms with Gasteiger partial charge >= 0.3 is 5.97 Å². The molecule has 0 bridgehead atoms. The molecule has 0 spiro atoms. The Balaban J connectivity index is 1.93. The smallest absolute Gasteiger partial charge is 0.338 e. The summed E-state index contributed by atoms with van der Waals surface area (Å²) in [4.78, 5) is 24.1. The fourth-order valence-electron chi connectivity index (χ4n) is 2.22. The number of hydrogen-bond donors (Lipinski definition) is 2. The van der Waals surface area contributed by atoms with Crippen LogP contribution in [0.1, 0.15) is 41.0 Å². The molecule has 2 N–H and O–H groups in total. The highest BCUT2D eigenvalue weighted by Gasteiger charge is 2.12. The van der Waals surface area contributed by atoms with Gasteiger partial charge in [-0.3, -0.25) is 10.1 Å². The molecule has 0 saturated heterocycles. The van der Waals surface area contributed by atoms with Gasteiger partial charge in [0.2, 0.25) is 0 Å². The van der Waals surface area contributed by atoms with Crippen LogP contribution in [0.15, 0.2) is 42.5 Å². The molecule has 0 aliphatic heterocycles. The molecule has 2 aromatic rings. The van der Waals surface area contributed by atoms with Crippen molar-refractivity contribution in [2.75, 3.05) is 18.5 Å². The number of nitrogens with one attached hydrogen (secondary N) is 2. The minimum Gasteiger partial charge on any atom is -0.492 e. The van der Waals surface area contributed by atoms with Crippen molar-refractivity contribution < 1.29 is 19.1 Å². The summed E-state index contributed by atoms with van der Waals surface area (Å²) in [5.41, 5.74) is 1.42. The molecule has 2 aromatic carbocycles. The van der Waals surface area contributed by atoms with Gasteiger partial charge in [0, 0.05) is 11.3 Å². The number of thiocarbonyl (C=S) groups is 1. The molecule has 1 amide bonds. The molecule has 0 radical (unpaired) electrons. The number of ether oxygens (including phenoxy) is 2. The molecule has 0 atom stereocenters. The van der Waals surface area contributed by atoms with Crippen LogP contribution >= 0.6 is 23.8 Å². The third-order valence-electron chi connectivity index (χ3n) is 3.54. The minimum atomic E-state index is -0.401. The van der Waals surface area contributed by atoms with E-state index < -0.39 is 5.91 Å². The zero-order valence-electron chi connectivity index (χ0n) is 15.6. The number of esters is 1. The maximum atomic E-state index is 12.3. The van der Waals surface area contributed by atoms with Crippen molar-refractivity contribution in [3.63, 3.8) is 0 Å². The van der Waals surface area contributed by atoms with Gasteiger partial charge in [0.25, 0.3) is 5.91 Å². The summed E-state index contributed by atoms with van der Waals surface area (Å²) in [5.74, 6) is -0.266. The van der Waals surface area contributed by atoms with Crippen LogP contribution in [-0.4, -0.2) is 30.2 Å². The van der Waals surface area contributed by atoms with Crippen molar-refractivity contribution in [1.29, 1.82) is 0 Å². The zero-order chi connectivity index (χ0) is 20.5. The van der Waals surface area contributed by atoms with Gasteiger partial charge in [-0.1, -0.05) is 18.5 Å². The Morgan fingerprint density at radius 2 is 1.75 bits per heavy atom. The molecular formula is C20H21ClN2O4S. The standard InChI is InChI=1S/C20H21ClN2O4S/c1-3-11-27-19(25)13-5-8-15(9-6-13)22-20(28)23-18(24)14-7-10-17(26-4-2)16(21)12-14/h5-10,12H,3-4,11H2,1-2H3,(H2,22,23,24,28). The second-order valence-corrected chi connectivity index (χ2v) is 6.52. The number of amides is 1. The molecule has 0 saturated carbocycles. The lowest BCUT2D eigenvalue weighted by atomic mass is 10.2. The SMILES string of the molecule is CCCOC(=O)c1ccc(NC(=S)NC(=O)c2ccc(OCC)c(Cl)c2)cc1. The van der Waals surface area contributed by atoms with E-state index in [0.717, 1.165) is 6.42 Å². The van der Waals surface area contributed by atoms with Gasteiger partial charge in [-0.2, -0.15) is 0 Å². The largest absolute Gasteiger partial charge is 0.492 e. The van der Waals surface area contributed by atoms with Crippen LogP contribution < -0.4 is 15.4 Å². The first-order valence-corrected chi connectivity index (χ1v) is 9.55. The Labute approximate surface area is 174 Å². The van der Waals surface area contributed by atoms with E-state index in [1.54, 1.807) is 36.4 Å². The molecule has 6 nitrogen and oxygen atoms in total. The molecule has 148 valence electrons. The summed E-state index contributed by atoms with van der Waals surface area (Å²) in [6, 6.07) is 11.3. The molecular weight excluding hydrogens is 400 g/mol. The Morgan fingerprint density at radius 1 is 1.07 bits per heavy atom. The van der Waals surface area contributed by atoms with Crippen molar-refractivity contribution in [3.05, 3.63) is 58.6 Å². The van der Waals surface area contributed by atoms with E-state index in [-0.39, 0.29) is 11.1 Å². The number of benzene rings is 2. The highest BCUT2D eigenvalue weighted by Crippen LogP contribution is 2.25. The van der Waals surface area contributed by atoms with Crippen LogP contribution in [-0.2, 0) is 4.74 Å². The van der Waals surface area contributed by atoms with E-state index in [4.69, 9.17) is 33.3 Å². The molecule has 0 fully saturated rings. The normalized spacial score (nSPS) is 10.1. The second-order valence-electron chi connectivity index (χ2n) is 5.70. The third kappa shape index (κ3) is 6.21. The van der Waals surface area contributed by atoms with E-state index in [1.807, 2.05) is 13.8 Å². The van der Waals surface area contributed by atoms with Crippen molar-refractivity contribution >= 4 is 46.5 Å². The van der Waals surface area contributed by atoms with Crippen molar-refractivity contribution in [1.82, 2.24) is 5.32 Å². The number of halogens is 1. The van der Waals surface area contributed by atoms with Gasteiger partial charge in [-0.15, -0.1) is 0 Å². The van der Waals surface area contributed by atoms with Gasteiger partial charge < -0.3 is 14.8 Å². The number of carbonyl (C=O) groups is 2. The maximum Gasteiger partial charge on any atom is 0.338 e. The molecule has 0 unspecified atom stereocenters.